The van der Waals surface area contributed by atoms with Crippen molar-refractivity contribution in [3.8, 4) is 0 Å². The topological polar surface area (TPSA) is 122 Å². The van der Waals surface area contributed by atoms with E-state index in [1.54, 1.807) is 0 Å². The summed E-state index contributed by atoms with van der Waals surface area (Å²) in [5.74, 6) is -3.37. The summed E-state index contributed by atoms with van der Waals surface area (Å²) >= 11 is 0. The fraction of sp³-hybridized carbons (Fsp3) is 0.583. The van der Waals surface area contributed by atoms with Crippen LogP contribution in [0.5, 0.6) is 0 Å². The van der Waals surface area contributed by atoms with Gasteiger partial charge in [-0.15, -0.1) is 0 Å². The molecule has 0 fully saturated rings. The van der Waals surface area contributed by atoms with E-state index in [4.69, 9.17) is 29.4 Å². The van der Waals surface area contributed by atoms with Crippen molar-refractivity contribution in [2.24, 2.45) is 0 Å². The Labute approximate surface area is 123 Å². The summed E-state index contributed by atoms with van der Waals surface area (Å²) in [6.07, 6.45) is 0. The van der Waals surface area contributed by atoms with Gasteiger partial charge in [0.2, 0.25) is 0 Å². The Morgan fingerprint density at radius 3 is 1.38 bits per heavy atom. The summed E-state index contributed by atoms with van der Waals surface area (Å²) in [5, 5.41) is 26.2. The molecule has 0 aliphatic heterocycles. The van der Waals surface area contributed by atoms with Gasteiger partial charge in [0.25, 0.3) is 0 Å². The molecule has 0 spiro atoms. The molecule has 0 rings (SSSR count). The summed E-state index contributed by atoms with van der Waals surface area (Å²) in [5.41, 5.74) is 0. The van der Waals surface area contributed by atoms with Gasteiger partial charge in [0.15, 0.2) is 0 Å². The van der Waals surface area contributed by atoms with Gasteiger partial charge in [0, 0.05) is 40.3 Å². The SMILES string of the molecule is [CH]N([CH])CCN(CCN(CC(=O)O)CC(=O)O)CC(=O)O. The smallest absolute Gasteiger partial charge is 0.317 e. The molecule has 0 aromatic carbocycles. The normalized spacial score (nSPS) is 11.3. The summed E-state index contributed by atoms with van der Waals surface area (Å²) < 4.78 is 0. The maximum atomic E-state index is 10.7. The van der Waals surface area contributed by atoms with Crippen molar-refractivity contribution in [2.45, 2.75) is 0 Å². The van der Waals surface area contributed by atoms with E-state index in [0.717, 1.165) is 4.90 Å². The minimum Gasteiger partial charge on any atom is -0.480 e. The molecule has 4 radical (unpaired) electrons. The standard InChI is InChI=1S/C12H19N3O6/c1-13(2)3-4-14(7-10(16)17)5-6-15(8-11(18)19)9-12(20)21/h1-2H,3-9H2,(H,16,17)(H,18,19)(H,20,21). The maximum absolute atomic E-state index is 10.7. The summed E-state index contributed by atoms with van der Waals surface area (Å²) in [6, 6.07) is 0. The van der Waals surface area contributed by atoms with Crippen molar-refractivity contribution in [3.05, 3.63) is 14.1 Å². The second kappa shape index (κ2) is 10.1. The summed E-state index contributed by atoms with van der Waals surface area (Å²) in [6.45, 7) is -0.401. The fourth-order valence-corrected chi connectivity index (χ4v) is 1.60. The molecule has 0 aliphatic carbocycles. The van der Waals surface area contributed by atoms with Gasteiger partial charge in [-0.3, -0.25) is 29.1 Å². The molecule has 0 saturated carbocycles. The largest absolute Gasteiger partial charge is 0.480 e. The van der Waals surface area contributed by atoms with Gasteiger partial charge in [-0.1, -0.05) is 0 Å². The highest BCUT2D eigenvalue weighted by molar-refractivity contribution is 5.72. The average Bonchev–Trinajstić information content (AvgIpc) is 2.30. The first-order chi connectivity index (χ1) is 9.70. The highest BCUT2D eigenvalue weighted by atomic mass is 16.4. The zero-order valence-electron chi connectivity index (χ0n) is 11.5. The van der Waals surface area contributed by atoms with Crippen LogP contribution in [0.1, 0.15) is 0 Å². The van der Waals surface area contributed by atoms with Crippen LogP contribution in [-0.4, -0.2) is 93.7 Å². The van der Waals surface area contributed by atoms with Gasteiger partial charge >= 0.3 is 17.9 Å². The minimum absolute atomic E-state index is 0.0982. The lowest BCUT2D eigenvalue weighted by Gasteiger charge is -2.25. The Hall–Kier alpha value is -1.71. The predicted molar refractivity (Wildman–Crippen MR) is 71.1 cm³/mol. The number of hydrogen-bond donors (Lipinski definition) is 3. The zero-order chi connectivity index (χ0) is 16.4. The molecule has 118 valence electrons. The molecular weight excluding hydrogens is 282 g/mol. The first-order valence-electron chi connectivity index (χ1n) is 6.07. The van der Waals surface area contributed by atoms with Crippen LogP contribution in [0.4, 0.5) is 0 Å². The quantitative estimate of drug-likeness (QED) is 0.369. The monoisotopic (exact) mass is 301 g/mol. The van der Waals surface area contributed by atoms with Gasteiger partial charge in [-0.25, -0.2) is 0 Å². The van der Waals surface area contributed by atoms with Gasteiger partial charge in [0.1, 0.15) is 0 Å². The molecule has 9 heteroatoms. The van der Waals surface area contributed by atoms with Crippen LogP contribution >= 0.6 is 0 Å². The molecule has 0 aromatic heterocycles. The third kappa shape index (κ3) is 11.8. The number of aliphatic carboxylic acids is 3. The number of rotatable bonds is 12. The average molecular weight is 301 g/mol. The molecular formula is C12H19N3O6. The fourth-order valence-electron chi connectivity index (χ4n) is 1.60. The molecule has 0 amide bonds. The Bertz CT molecular complexity index is 345. The zero-order valence-corrected chi connectivity index (χ0v) is 11.5. The van der Waals surface area contributed by atoms with Gasteiger partial charge in [-0.05, 0) is 0 Å². The Morgan fingerprint density at radius 1 is 0.667 bits per heavy atom. The molecule has 3 N–H and O–H groups in total. The van der Waals surface area contributed by atoms with Crippen LogP contribution in [0.2, 0.25) is 0 Å². The van der Waals surface area contributed by atoms with Crippen molar-refractivity contribution >= 4 is 17.9 Å². The van der Waals surface area contributed by atoms with Gasteiger partial charge in [0.05, 0.1) is 19.6 Å². The van der Waals surface area contributed by atoms with E-state index < -0.39 is 31.0 Å². The van der Waals surface area contributed by atoms with E-state index in [1.807, 2.05) is 0 Å². The van der Waals surface area contributed by atoms with Gasteiger partial charge in [-0.2, -0.15) is 0 Å². The van der Waals surface area contributed by atoms with E-state index in [2.05, 4.69) is 0 Å². The highest BCUT2D eigenvalue weighted by Crippen LogP contribution is 1.95. The van der Waals surface area contributed by atoms with E-state index >= 15 is 0 Å². The molecule has 21 heavy (non-hydrogen) atoms. The first kappa shape index (κ1) is 19.3. The minimum atomic E-state index is -1.16. The predicted octanol–water partition coefficient (Wildman–Crippen LogP) is -1.52. The third-order valence-corrected chi connectivity index (χ3v) is 2.48. The number of hydrogen-bond acceptors (Lipinski definition) is 6. The lowest BCUT2D eigenvalue weighted by molar-refractivity contribution is -0.143. The van der Waals surface area contributed by atoms with E-state index in [0.29, 0.717) is 0 Å². The molecule has 0 bridgehead atoms. The number of nitrogens with zero attached hydrogens (tertiary/aromatic N) is 3. The first-order valence-corrected chi connectivity index (χ1v) is 6.07. The van der Waals surface area contributed by atoms with Crippen molar-refractivity contribution < 1.29 is 29.7 Å². The molecule has 9 nitrogen and oxygen atoms in total. The summed E-state index contributed by atoms with van der Waals surface area (Å²) in [7, 11) is 10.5. The van der Waals surface area contributed by atoms with Crippen LogP contribution in [-0.2, 0) is 14.4 Å². The van der Waals surface area contributed by atoms with Crippen molar-refractivity contribution in [2.75, 3.05) is 45.8 Å². The van der Waals surface area contributed by atoms with Gasteiger partial charge < -0.3 is 15.3 Å². The van der Waals surface area contributed by atoms with Crippen LogP contribution in [0.3, 0.4) is 0 Å². The Kier molecular flexibility index (Phi) is 9.26. The molecule has 0 heterocycles. The Balaban J connectivity index is 4.45. The van der Waals surface area contributed by atoms with E-state index in [1.165, 1.54) is 9.80 Å². The van der Waals surface area contributed by atoms with E-state index in [-0.39, 0.29) is 32.7 Å². The number of carbonyl (C=O) groups is 3. The lowest BCUT2D eigenvalue weighted by atomic mass is 10.3. The highest BCUT2D eigenvalue weighted by Gasteiger charge is 2.16. The second-order valence-corrected chi connectivity index (χ2v) is 4.41. The molecule has 0 unspecified atom stereocenters. The Morgan fingerprint density at radius 2 is 1.00 bits per heavy atom. The van der Waals surface area contributed by atoms with Crippen molar-refractivity contribution in [3.63, 3.8) is 0 Å². The van der Waals surface area contributed by atoms with Crippen molar-refractivity contribution in [1.29, 1.82) is 0 Å². The molecule has 0 aromatic rings. The van der Waals surface area contributed by atoms with Crippen LogP contribution < -0.4 is 0 Å². The van der Waals surface area contributed by atoms with Crippen molar-refractivity contribution in [1.82, 2.24) is 14.7 Å². The maximum Gasteiger partial charge on any atom is 0.317 e. The third-order valence-electron chi connectivity index (χ3n) is 2.48. The number of carboxylic acids is 3. The molecule has 0 aliphatic rings. The molecule has 0 atom stereocenters. The summed E-state index contributed by atoms with van der Waals surface area (Å²) in [4.78, 5) is 35.6. The van der Waals surface area contributed by atoms with Crippen LogP contribution in [0.15, 0.2) is 0 Å². The van der Waals surface area contributed by atoms with E-state index in [9.17, 15) is 14.4 Å². The molecule has 0 saturated heterocycles. The lowest BCUT2D eigenvalue weighted by Crippen LogP contribution is -2.43. The number of carboxylic acid groups (broad SMARTS) is 3. The second-order valence-electron chi connectivity index (χ2n) is 4.41. The van der Waals surface area contributed by atoms with Crippen LogP contribution in [0.25, 0.3) is 0 Å². The van der Waals surface area contributed by atoms with Crippen LogP contribution in [0, 0.1) is 14.1 Å².